The van der Waals surface area contributed by atoms with Gasteiger partial charge in [0.05, 0.1) is 6.61 Å². The maximum atomic E-state index is 11.7. The van der Waals surface area contributed by atoms with E-state index in [-0.39, 0.29) is 11.3 Å². The second-order valence-corrected chi connectivity index (χ2v) is 3.84. The Morgan fingerprint density at radius 2 is 2.25 bits per heavy atom. The molecule has 0 unspecified atom stereocenters. The minimum atomic E-state index is -0.228. The predicted molar refractivity (Wildman–Crippen MR) is 46.6 cm³/mol. The predicted octanol–water partition coefficient (Wildman–Crippen LogP) is 1.24. The maximum absolute atomic E-state index is 11.7. The molecule has 3 nitrogen and oxygen atoms in total. The molecule has 1 fully saturated rings. The molecule has 1 saturated heterocycles. The van der Waals surface area contributed by atoms with Crippen molar-refractivity contribution >= 4 is 5.91 Å². The Hall–Kier alpha value is -0.570. The van der Waals surface area contributed by atoms with E-state index in [2.05, 4.69) is 0 Å². The first-order valence-electron chi connectivity index (χ1n) is 4.45. The summed E-state index contributed by atoms with van der Waals surface area (Å²) in [5.41, 5.74) is -0.228. The molecule has 0 aromatic heterocycles. The van der Waals surface area contributed by atoms with Crippen LogP contribution in [0.25, 0.3) is 0 Å². The molecule has 0 spiro atoms. The Balaban J connectivity index is 2.56. The normalized spacial score (nSPS) is 18.4. The van der Waals surface area contributed by atoms with Crippen molar-refractivity contribution in [2.45, 2.75) is 27.2 Å². The van der Waals surface area contributed by atoms with Gasteiger partial charge in [0.2, 0.25) is 5.91 Å². The van der Waals surface area contributed by atoms with Crippen LogP contribution in [0.3, 0.4) is 0 Å². The van der Waals surface area contributed by atoms with Crippen molar-refractivity contribution in [2.75, 3.05) is 19.9 Å². The van der Waals surface area contributed by atoms with Gasteiger partial charge in [-0.3, -0.25) is 4.79 Å². The first-order chi connectivity index (χ1) is 5.58. The summed E-state index contributed by atoms with van der Waals surface area (Å²) in [5.74, 6) is 0.211. The molecule has 1 amide bonds. The highest BCUT2D eigenvalue weighted by atomic mass is 16.5. The SMILES string of the molecule is CCC(C)(C)C(=O)N1CCOC1. The lowest BCUT2D eigenvalue weighted by Gasteiger charge is -2.26. The van der Waals surface area contributed by atoms with Gasteiger partial charge in [-0.25, -0.2) is 0 Å². The van der Waals surface area contributed by atoms with E-state index in [1.807, 2.05) is 20.8 Å². The molecule has 0 radical (unpaired) electrons. The summed E-state index contributed by atoms with van der Waals surface area (Å²) in [6.45, 7) is 7.91. The third-order valence-electron chi connectivity index (χ3n) is 2.50. The van der Waals surface area contributed by atoms with Crippen molar-refractivity contribution in [1.82, 2.24) is 4.90 Å². The van der Waals surface area contributed by atoms with Crippen LogP contribution in [0.1, 0.15) is 27.2 Å². The minimum Gasteiger partial charge on any atom is -0.359 e. The van der Waals surface area contributed by atoms with Gasteiger partial charge in [-0.2, -0.15) is 0 Å². The summed E-state index contributed by atoms with van der Waals surface area (Å²) in [7, 11) is 0. The van der Waals surface area contributed by atoms with Gasteiger partial charge in [0, 0.05) is 12.0 Å². The van der Waals surface area contributed by atoms with Crippen LogP contribution in [0.2, 0.25) is 0 Å². The van der Waals surface area contributed by atoms with Crippen molar-refractivity contribution in [1.29, 1.82) is 0 Å². The zero-order valence-corrected chi connectivity index (χ0v) is 8.09. The first-order valence-corrected chi connectivity index (χ1v) is 4.45. The fourth-order valence-electron chi connectivity index (χ4n) is 1.15. The third kappa shape index (κ3) is 1.78. The van der Waals surface area contributed by atoms with Crippen molar-refractivity contribution in [3.8, 4) is 0 Å². The maximum Gasteiger partial charge on any atom is 0.230 e. The molecule has 70 valence electrons. The molecular weight excluding hydrogens is 154 g/mol. The van der Waals surface area contributed by atoms with E-state index in [0.29, 0.717) is 13.3 Å². The highest BCUT2D eigenvalue weighted by Gasteiger charge is 2.31. The van der Waals surface area contributed by atoms with Gasteiger partial charge in [-0.15, -0.1) is 0 Å². The Morgan fingerprint density at radius 1 is 1.58 bits per heavy atom. The fourth-order valence-corrected chi connectivity index (χ4v) is 1.15. The summed E-state index contributed by atoms with van der Waals surface area (Å²) >= 11 is 0. The molecule has 0 atom stereocenters. The number of carbonyl (C=O) groups excluding carboxylic acids is 1. The van der Waals surface area contributed by atoms with Crippen molar-refractivity contribution < 1.29 is 9.53 Å². The second-order valence-electron chi connectivity index (χ2n) is 3.84. The van der Waals surface area contributed by atoms with E-state index in [1.165, 1.54) is 0 Å². The number of ether oxygens (including phenoxy) is 1. The first kappa shape index (κ1) is 9.52. The molecule has 1 rings (SSSR count). The van der Waals surface area contributed by atoms with Crippen LogP contribution in [0, 0.1) is 5.41 Å². The van der Waals surface area contributed by atoms with Crippen molar-refractivity contribution in [2.24, 2.45) is 5.41 Å². The van der Waals surface area contributed by atoms with Crippen LogP contribution >= 0.6 is 0 Å². The Bertz CT molecular complexity index is 171. The molecule has 1 aliphatic heterocycles. The van der Waals surface area contributed by atoms with Crippen LogP contribution in [0.5, 0.6) is 0 Å². The van der Waals surface area contributed by atoms with E-state index >= 15 is 0 Å². The molecule has 12 heavy (non-hydrogen) atoms. The van der Waals surface area contributed by atoms with Gasteiger partial charge in [0.1, 0.15) is 6.73 Å². The van der Waals surface area contributed by atoms with Gasteiger partial charge >= 0.3 is 0 Å². The Labute approximate surface area is 73.7 Å². The van der Waals surface area contributed by atoms with Gasteiger partial charge < -0.3 is 9.64 Å². The monoisotopic (exact) mass is 171 g/mol. The van der Waals surface area contributed by atoms with Gasteiger partial charge in [0.15, 0.2) is 0 Å². The van der Waals surface area contributed by atoms with E-state index in [9.17, 15) is 4.79 Å². The lowest BCUT2D eigenvalue weighted by molar-refractivity contribution is -0.140. The zero-order valence-electron chi connectivity index (χ0n) is 8.09. The number of rotatable bonds is 2. The fraction of sp³-hybridized carbons (Fsp3) is 0.889. The Kier molecular flexibility index (Phi) is 2.73. The summed E-state index contributed by atoms with van der Waals surface area (Å²) in [5, 5.41) is 0. The van der Waals surface area contributed by atoms with Crippen LogP contribution in [-0.2, 0) is 9.53 Å². The molecule has 0 aromatic carbocycles. The zero-order chi connectivity index (χ0) is 9.19. The molecule has 0 bridgehead atoms. The number of amides is 1. The standard InChI is InChI=1S/C9H17NO2/c1-4-9(2,3)8(11)10-5-6-12-7-10/h4-7H2,1-3H3. The molecule has 1 aliphatic rings. The molecule has 0 aliphatic carbocycles. The average molecular weight is 171 g/mol. The average Bonchev–Trinajstić information content (AvgIpc) is 2.55. The van der Waals surface area contributed by atoms with Gasteiger partial charge in [-0.05, 0) is 6.42 Å². The summed E-state index contributed by atoms with van der Waals surface area (Å²) in [4.78, 5) is 13.5. The van der Waals surface area contributed by atoms with Crippen molar-refractivity contribution in [3.05, 3.63) is 0 Å². The second kappa shape index (κ2) is 3.44. The quantitative estimate of drug-likeness (QED) is 0.625. The molecular formula is C9H17NO2. The van der Waals surface area contributed by atoms with Gasteiger partial charge in [-0.1, -0.05) is 20.8 Å². The summed E-state index contributed by atoms with van der Waals surface area (Å²) in [6.07, 6.45) is 0.877. The van der Waals surface area contributed by atoms with Crippen LogP contribution in [0.4, 0.5) is 0 Å². The van der Waals surface area contributed by atoms with Crippen LogP contribution in [0.15, 0.2) is 0 Å². The Morgan fingerprint density at radius 3 is 2.67 bits per heavy atom. The summed E-state index contributed by atoms with van der Waals surface area (Å²) < 4.78 is 5.12. The van der Waals surface area contributed by atoms with E-state index in [0.717, 1.165) is 13.0 Å². The third-order valence-corrected chi connectivity index (χ3v) is 2.50. The lowest BCUT2D eigenvalue weighted by atomic mass is 9.89. The topological polar surface area (TPSA) is 29.5 Å². The molecule has 3 heteroatoms. The van der Waals surface area contributed by atoms with Crippen molar-refractivity contribution in [3.63, 3.8) is 0 Å². The van der Waals surface area contributed by atoms with E-state index in [4.69, 9.17) is 4.74 Å². The number of carbonyl (C=O) groups is 1. The largest absolute Gasteiger partial charge is 0.359 e. The number of nitrogens with zero attached hydrogens (tertiary/aromatic N) is 1. The summed E-state index contributed by atoms with van der Waals surface area (Å²) in [6, 6.07) is 0. The highest BCUT2D eigenvalue weighted by Crippen LogP contribution is 2.23. The van der Waals surface area contributed by atoms with E-state index < -0.39 is 0 Å². The van der Waals surface area contributed by atoms with Crippen LogP contribution in [-0.4, -0.2) is 30.7 Å². The van der Waals surface area contributed by atoms with Gasteiger partial charge in [0.25, 0.3) is 0 Å². The highest BCUT2D eigenvalue weighted by molar-refractivity contribution is 5.81. The molecule has 0 N–H and O–H groups in total. The lowest BCUT2D eigenvalue weighted by Crippen LogP contribution is -2.39. The number of hydrogen-bond donors (Lipinski definition) is 0. The minimum absolute atomic E-state index is 0.211. The molecule has 1 heterocycles. The molecule has 0 aromatic rings. The van der Waals surface area contributed by atoms with E-state index in [1.54, 1.807) is 4.90 Å². The molecule has 0 saturated carbocycles. The number of hydrogen-bond acceptors (Lipinski definition) is 2. The van der Waals surface area contributed by atoms with Crippen LogP contribution < -0.4 is 0 Å². The smallest absolute Gasteiger partial charge is 0.230 e.